The molecule has 0 radical (unpaired) electrons. The minimum Gasteiger partial charge on any atom is -0.385 e. The van der Waals surface area contributed by atoms with Gasteiger partial charge in [0.05, 0.1) is 11.4 Å². The van der Waals surface area contributed by atoms with Crippen molar-refractivity contribution in [3.8, 4) is 0 Å². The predicted molar refractivity (Wildman–Crippen MR) is 116 cm³/mol. The number of aromatic nitrogens is 3. The lowest BCUT2D eigenvalue weighted by molar-refractivity contribution is 0.0929. The van der Waals surface area contributed by atoms with Gasteiger partial charge in [0.15, 0.2) is 0 Å². The van der Waals surface area contributed by atoms with E-state index in [0.717, 1.165) is 5.56 Å². The average molecular weight is 404 g/mol. The first-order chi connectivity index (χ1) is 14.6. The Kier molecular flexibility index (Phi) is 5.63. The van der Waals surface area contributed by atoms with Gasteiger partial charge in [0.25, 0.3) is 11.5 Å². The van der Waals surface area contributed by atoms with Gasteiger partial charge in [-0.15, -0.1) is 0 Å². The quantitative estimate of drug-likeness (QED) is 0.480. The molecular weight excluding hydrogens is 380 g/mol. The van der Waals surface area contributed by atoms with Gasteiger partial charge in [-0.1, -0.05) is 36.4 Å². The van der Waals surface area contributed by atoms with Crippen molar-refractivity contribution in [1.29, 1.82) is 0 Å². The van der Waals surface area contributed by atoms with Crippen LogP contribution >= 0.6 is 0 Å². The number of aryl methyl sites for hydroxylation is 1. The molecule has 30 heavy (non-hydrogen) atoms. The number of amides is 1. The number of ether oxygens (including phenoxy) is 1. The van der Waals surface area contributed by atoms with Crippen LogP contribution in [-0.4, -0.2) is 33.6 Å². The first-order valence-corrected chi connectivity index (χ1v) is 9.95. The van der Waals surface area contributed by atoms with Crippen molar-refractivity contribution in [3.05, 3.63) is 82.4 Å². The van der Waals surface area contributed by atoms with Gasteiger partial charge in [0.2, 0.25) is 0 Å². The molecule has 1 atom stereocenters. The highest BCUT2D eigenvalue weighted by molar-refractivity contribution is 5.98. The van der Waals surface area contributed by atoms with Crippen LogP contribution in [0.15, 0.2) is 65.6 Å². The van der Waals surface area contributed by atoms with Crippen LogP contribution in [0, 0.1) is 0 Å². The molecule has 3 aromatic heterocycles. The molecule has 0 aliphatic carbocycles. The molecule has 0 spiro atoms. The summed E-state index contributed by atoms with van der Waals surface area (Å²) in [6, 6.07) is 16.6. The summed E-state index contributed by atoms with van der Waals surface area (Å²) in [6.07, 6.45) is 2.38. The summed E-state index contributed by atoms with van der Waals surface area (Å²) in [5.41, 5.74) is 2.30. The van der Waals surface area contributed by atoms with Crippen LogP contribution in [0.1, 0.15) is 35.4 Å². The number of benzene rings is 1. The molecule has 4 aromatic rings. The zero-order valence-corrected chi connectivity index (χ0v) is 17.0. The standard InChI is InChI=1S/C23H24N4O3/c1-16(17-9-4-3-5-10-17)24-22(28)19-15-18-21(26(19)13-8-14-30-2)25-20-11-6-7-12-27(20)23(18)29/h3-7,9-12,15-16H,8,13-14H2,1-2H3,(H,24,28). The molecule has 0 saturated carbocycles. The summed E-state index contributed by atoms with van der Waals surface area (Å²) in [5, 5.41) is 3.46. The Morgan fingerprint density at radius 3 is 2.70 bits per heavy atom. The van der Waals surface area contributed by atoms with Crippen LogP contribution in [0.3, 0.4) is 0 Å². The van der Waals surface area contributed by atoms with Gasteiger partial charge in [-0.25, -0.2) is 4.98 Å². The van der Waals surface area contributed by atoms with Crippen molar-refractivity contribution in [2.24, 2.45) is 0 Å². The lowest BCUT2D eigenvalue weighted by atomic mass is 10.1. The molecular formula is C23H24N4O3. The number of carbonyl (C=O) groups is 1. The number of carbonyl (C=O) groups excluding carboxylic acids is 1. The Hall–Kier alpha value is -3.45. The highest BCUT2D eigenvalue weighted by Crippen LogP contribution is 2.19. The minimum atomic E-state index is -0.241. The molecule has 4 rings (SSSR count). The fraction of sp³-hybridized carbons (Fsp3) is 0.261. The largest absolute Gasteiger partial charge is 0.385 e. The van der Waals surface area contributed by atoms with Crippen molar-refractivity contribution in [2.75, 3.05) is 13.7 Å². The Bertz CT molecular complexity index is 1240. The number of pyridine rings is 1. The summed E-state index contributed by atoms with van der Waals surface area (Å²) in [6.45, 7) is 3.01. The summed E-state index contributed by atoms with van der Waals surface area (Å²) >= 11 is 0. The summed E-state index contributed by atoms with van der Waals surface area (Å²) in [5.74, 6) is -0.241. The second kappa shape index (κ2) is 8.51. The molecule has 0 fully saturated rings. The topological polar surface area (TPSA) is 77.6 Å². The van der Waals surface area contributed by atoms with Gasteiger partial charge in [-0.3, -0.25) is 14.0 Å². The van der Waals surface area contributed by atoms with Crippen molar-refractivity contribution in [1.82, 2.24) is 19.3 Å². The van der Waals surface area contributed by atoms with Crippen LogP contribution in [0.5, 0.6) is 0 Å². The minimum absolute atomic E-state index is 0.169. The van der Waals surface area contributed by atoms with Crippen LogP contribution in [0.4, 0.5) is 0 Å². The molecule has 0 aliphatic rings. The van der Waals surface area contributed by atoms with Crippen molar-refractivity contribution >= 4 is 22.6 Å². The second-order valence-corrected chi connectivity index (χ2v) is 7.22. The zero-order valence-electron chi connectivity index (χ0n) is 17.0. The fourth-order valence-corrected chi connectivity index (χ4v) is 3.63. The molecule has 0 saturated heterocycles. The normalized spacial score (nSPS) is 12.3. The number of nitrogens with one attached hydrogen (secondary N) is 1. The summed E-state index contributed by atoms with van der Waals surface area (Å²) in [7, 11) is 1.64. The molecule has 1 unspecified atom stereocenters. The van der Waals surface area contributed by atoms with Gasteiger partial charge in [-0.05, 0) is 37.1 Å². The van der Waals surface area contributed by atoms with Crippen LogP contribution in [0.25, 0.3) is 16.7 Å². The lowest BCUT2D eigenvalue weighted by Crippen LogP contribution is -2.28. The molecule has 0 bridgehead atoms. The van der Waals surface area contributed by atoms with Crippen molar-refractivity contribution < 1.29 is 9.53 Å². The maximum absolute atomic E-state index is 13.2. The van der Waals surface area contributed by atoms with Gasteiger partial charge >= 0.3 is 0 Å². The molecule has 1 N–H and O–H groups in total. The van der Waals surface area contributed by atoms with E-state index in [4.69, 9.17) is 4.74 Å². The summed E-state index contributed by atoms with van der Waals surface area (Å²) < 4.78 is 8.48. The second-order valence-electron chi connectivity index (χ2n) is 7.22. The average Bonchev–Trinajstić information content (AvgIpc) is 3.13. The Balaban J connectivity index is 1.78. The zero-order chi connectivity index (χ0) is 21.1. The fourth-order valence-electron chi connectivity index (χ4n) is 3.63. The van der Waals surface area contributed by atoms with E-state index in [9.17, 15) is 9.59 Å². The molecule has 0 aliphatic heterocycles. The van der Waals surface area contributed by atoms with Crippen LogP contribution in [0.2, 0.25) is 0 Å². The highest BCUT2D eigenvalue weighted by Gasteiger charge is 2.21. The van der Waals surface area contributed by atoms with Gasteiger partial charge in [0, 0.05) is 26.5 Å². The van der Waals surface area contributed by atoms with Gasteiger partial charge < -0.3 is 14.6 Å². The van der Waals surface area contributed by atoms with E-state index in [2.05, 4.69) is 10.3 Å². The van der Waals surface area contributed by atoms with E-state index in [-0.39, 0.29) is 17.5 Å². The number of hydrogen-bond donors (Lipinski definition) is 1. The number of rotatable bonds is 7. The SMILES string of the molecule is COCCCn1c(C(=O)NC(C)c2ccccc2)cc2c(=O)n3ccccc3nc21. The van der Waals surface area contributed by atoms with Gasteiger partial charge in [0.1, 0.15) is 17.0 Å². The Labute approximate surface area is 173 Å². The van der Waals surface area contributed by atoms with Crippen molar-refractivity contribution in [2.45, 2.75) is 25.9 Å². The van der Waals surface area contributed by atoms with E-state index < -0.39 is 0 Å². The highest BCUT2D eigenvalue weighted by atomic mass is 16.5. The van der Waals surface area contributed by atoms with Crippen molar-refractivity contribution in [3.63, 3.8) is 0 Å². The number of methoxy groups -OCH3 is 1. The molecule has 1 aromatic carbocycles. The first kappa shape index (κ1) is 19.8. The van der Waals surface area contributed by atoms with Gasteiger partial charge in [-0.2, -0.15) is 0 Å². The maximum Gasteiger partial charge on any atom is 0.268 e. The molecule has 7 heteroatoms. The third-order valence-corrected chi connectivity index (χ3v) is 5.19. The molecule has 3 heterocycles. The third-order valence-electron chi connectivity index (χ3n) is 5.19. The molecule has 7 nitrogen and oxygen atoms in total. The van der Waals surface area contributed by atoms with E-state index >= 15 is 0 Å². The number of fused-ring (bicyclic) bond motifs is 2. The third kappa shape index (κ3) is 3.71. The van der Waals surface area contributed by atoms with E-state index in [1.807, 2.05) is 47.9 Å². The number of hydrogen-bond acceptors (Lipinski definition) is 4. The number of nitrogens with zero attached hydrogens (tertiary/aromatic N) is 3. The smallest absolute Gasteiger partial charge is 0.268 e. The molecule has 154 valence electrons. The molecule has 1 amide bonds. The van der Waals surface area contributed by atoms with Crippen LogP contribution in [-0.2, 0) is 11.3 Å². The summed E-state index contributed by atoms with van der Waals surface area (Å²) in [4.78, 5) is 30.8. The van der Waals surface area contributed by atoms with E-state index in [1.54, 1.807) is 31.5 Å². The Morgan fingerprint density at radius 1 is 1.17 bits per heavy atom. The Morgan fingerprint density at radius 2 is 1.93 bits per heavy atom. The van der Waals surface area contributed by atoms with E-state index in [0.29, 0.717) is 41.9 Å². The predicted octanol–water partition coefficient (Wildman–Crippen LogP) is 3.18. The van der Waals surface area contributed by atoms with Crippen LogP contribution < -0.4 is 10.9 Å². The first-order valence-electron chi connectivity index (χ1n) is 9.95. The monoisotopic (exact) mass is 404 g/mol. The lowest BCUT2D eigenvalue weighted by Gasteiger charge is -2.16. The maximum atomic E-state index is 13.2. The van der Waals surface area contributed by atoms with E-state index in [1.165, 1.54) is 4.40 Å².